The van der Waals surface area contributed by atoms with Crippen LogP contribution in [0, 0.1) is 0 Å². The highest BCUT2D eigenvalue weighted by Gasteiger charge is 2.36. The van der Waals surface area contributed by atoms with Crippen molar-refractivity contribution in [3.63, 3.8) is 0 Å². The lowest BCUT2D eigenvalue weighted by Crippen LogP contribution is -2.54. The van der Waals surface area contributed by atoms with Gasteiger partial charge in [-0.2, -0.15) is 0 Å². The Labute approximate surface area is 196 Å². The Kier molecular flexibility index (Phi) is 7.45. The Morgan fingerprint density at radius 1 is 1.12 bits per heavy atom. The van der Waals surface area contributed by atoms with Gasteiger partial charge >= 0.3 is 0 Å². The van der Waals surface area contributed by atoms with Crippen LogP contribution in [0.2, 0.25) is 0 Å². The second-order valence-corrected chi connectivity index (χ2v) is 9.46. The Morgan fingerprint density at radius 2 is 1.88 bits per heavy atom. The molecule has 8 heteroatoms. The van der Waals surface area contributed by atoms with Gasteiger partial charge < -0.3 is 20.2 Å². The van der Waals surface area contributed by atoms with Crippen LogP contribution < -0.4 is 10.2 Å². The van der Waals surface area contributed by atoms with E-state index in [1.54, 1.807) is 11.9 Å². The monoisotopic (exact) mass is 452 g/mol. The third kappa shape index (κ3) is 6.00. The van der Waals surface area contributed by atoms with Crippen LogP contribution in [0.1, 0.15) is 48.0 Å². The van der Waals surface area contributed by atoms with Gasteiger partial charge in [0.15, 0.2) is 0 Å². The van der Waals surface area contributed by atoms with Crippen LogP contribution in [0.25, 0.3) is 0 Å². The SMILES string of the molecule is CNc1cc(N2CCC[C@](O)(CN(C)C(=O)c3ccc(CN4CCCCC4)cc3)C2)ncn1. The molecule has 2 aliphatic heterocycles. The number of β-amino-alcohol motifs (C(OH)–C–C–N with tert-alkyl or cyclic N) is 1. The molecule has 1 amide bonds. The lowest BCUT2D eigenvalue weighted by atomic mass is 9.92. The second kappa shape index (κ2) is 10.5. The molecule has 0 unspecified atom stereocenters. The number of amides is 1. The summed E-state index contributed by atoms with van der Waals surface area (Å²) in [5.41, 5.74) is 0.913. The molecule has 8 nitrogen and oxygen atoms in total. The molecular formula is C25H36N6O2. The third-order valence-corrected chi connectivity index (χ3v) is 6.72. The van der Waals surface area contributed by atoms with Crippen molar-refractivity contribution in [2.75, 3.05) is 57.0 Å². The zero-order valence-corrected chi connectivity index (χ0v) is 19.8. The molecule has 0 aliphatic carbocycles. The first-order valence-electron chi connectivity index (χ1n) is 12.0. The average Bonchev–Trinajstić information content (AvgIpc) is 2.84. The van der Waals surface area contributed by atoms with Crippen molar-refractivity contribution in [3.05, 3.63) is 47.8 Å². The smallest absolute Gasteiger partial charge is 0.253 e. The molecule has 2 N–H and O–H groups in total. The highest BCUT2D eigenvalue weighted by atomic mass is 16.3. The molecule has 0 saturated carbocycles. The number of benzene rings is 1. The van der Waals surface area contributed by atoms with Crippen LogP contribution >= 0.6 is 0 Å². The molecule has 2 aliphatic rings. The van der Waals surface area contributed by atoms with Crippen LogP contribution in [-0.2, 0) is 6.54 Å². The van der Waals surface area contributed by atoms with E-state index in [0.717, 1.165) is 44.2 Å². The summed E-state index contributed by atoms with van der Waals surface area (Å²) in [6, 6.07) is 9.82. The summed E-state index contributed by atoms with van der Waals surface area (Å²) in [7, 11) is 3.59. The van der Waals surface area contributed by atoms with E-state index in [-0.39, 0.29) is 12.5 Å². The molecule has 0 spiro atoms. The highest BCUT2D eigenvalue weighted by Crippen LogP contribution is 2.27. The van der Waals surface area contributed by atoms with Gasteiger partial charge in [-0.3, -0.25) is 9.69 Å². The third-order valence-electron chi connectivity index (χ3n) is 6.72. The number of piperidine rings is 2. The summed E-state index contributed by atoms with van der Waals surface area (Å²) in [5, 5.41) is 14.3. The molecule has 3 heterocycles. The fourth-order valence-electron chi connectivity index (χ4n) is 4.96. The molecule has 33 heavy (non-hydrogen) atoms. The lowest BCUT2D eigenvalue weighted by Gasteiger charge is -2.41. The summed E-state index contributed by atoms with van der Waals surface area (Å²) < 4.78 is 0. The summed E-state index contributed by atoms with van der Waals surface area (Å²) in [6.45, 7) is 4.78. The van der Waals surface area contributed by atoms with E-state index < -0.39 is 5.60 Å². The quantitative estimate of drug-likeness (QED) is 0.668. The second-order valence-electron chi connectivity index (χ2n) is 9.46. The minimum absolute atomic E-state index is 0.0652. The number of hydrogen-bond acceptors (Lipinski definition) is 7. The largest absolute Gasteiger partial charge is 0.386 e. The highest BCUT2D eigenvalue weighted by molar-refractivity contribution is 5.94. The number of likely N-dealkylation sites (tertiary alicyclic amines) is 1. The van der Waals surface area contributed by atoms with Gasteiger partial charge in [-0.15, -0.1) is 0 Å². The van der Waals surface area contributed by atoms with Crippen LogP contribution in [0.3, 0.4) is 0 Å². The van der Waals surface area contributed by atoms with Gasteiger partial charge in [0.1, 0.15) is 18.0 Å². The first-order valence-corrected chi connectivity index (χ1v) is 12.0. The number of hydrogen-bond donors (Lipinski definition) is 2. The fourth-order valence-corrected chi connectivity index (χ4v) is 4.96. The molecule has 178 valence electrons. The molecule has 0 radical (unpaired) electrons. The fraction of sp³-hybridized carbons (Fsp3) is 0.560. The molecule has 1 aromatic heterocycles. The van der Waals surface area contributed by atoms with Crippen LogP contribution in [0.15, 0.2) is 36.7 Å². The van der Waals surface area contributed by atoms with Crippen molar-refractivity contribution in [3.8, 4) is 0 Å². The number of nitrogens with one attached hydrogen (secondary N) is 1. The Morgan fingerprint density at radius 3 is 2.61 bits per heavy atom. The molecule has 1 atom stereocenters. The Hall–Kier alpha value is -2.71. The van der Waals surface area contributed by atoms with E-state index in [2.05, 4.69) is 37.2 Å². The Bertz CT molecular complexity index is 931. The number of anilines is 2. The van der Waals surface area contributed by atoms with Crippen LogP contribution in [0.4, 0.5) is 11.6 Å². The van der Waals surface area contributed by atoms with Crippen molar-refractivity contribution in [2.45, 2.75) is 44.2 Å². The minimum Gasteiger partial charge on any atom is -0.386 e. The van der Waals surface area contributed by atoms with Gasteiger partial charge in [-0.25, -0.2) is 9.97 Å². The summed E-state index contributed by atoms with van der Waals surface area (Å²) in [4.78, 5) is 27.8. The number of rotatable bonds is 7. The maximum Gasteiger partial charge on any atom is 0.253 e. The first kappa shape index (κ1) is 23.4. The number of nitrogens with zero attached hydrogens (tertiary/aromatic N) is 5. The van der Waals surface area contributed by atoms with E-state index in [1.807, 2.05) is 25.2 Å². The molecule has 1 aromatic carbocycles. The van der Waals surface area contributed by atoms with Crippen molar-refractivity contribution in [1.82, 2.24) is 19.8 Å². The van der Waals surface area contributed by atoms with Gasteiger partial charge in [0, 0.05) is 45.4 Å². The van der Waals surface area contributed by atoms with Crippen molar-refractivity contribution >= 4 is 17.5 Å². The van der Waals surface area contributed by atoms with Crippen molar-refractivity contribution in [2.24, 2.45) is 0 Å². The first-order chi connectivity index (χ1) is 16.0. The van der Waals surface area contributed by atoms with E-state index in [4.69, 9.17) is 0 Å². The Balaban J connectivity index is 1.36. The van der Waals surface area contributed by atoms with Crippen LogP contribution in [-0.4, -0.2) is 83.2 Å². The molecular weight excluding hydrogens is 416 g/mol. The normalized spacial score (nSPS) is 21.6. The number of aliphatic hydroxyl groups is 1. The molecule has 0 bridgehead atoms. The van der Waals surface area contributed by atoms with Gasteiger partial charge in [-0.05, 0) is 56.5 Å². The van der Waals surface area contributed by atoms with Gasteiger partial charge in [0.05, 0.1) is 12.1 Å². The predicted octanol–water partition coefficient (Wildman–Crippen LogP) is 2.61. The summed E-state index contributed by atoms with van der Waals surface area (Å²) >= 11 is 0. The maximum atomic E-state index is 13.1. The molecule has 4 rings (SSSR count). The van der Waals surface area contributed by atoms with Crippen molar-refractivity contribution in [1.29, 1.82) is 0 Å². The summed E-state index contributed by atoms with van der Waals surface area (Å²) in [5.74, 6) is 1.46. The molecule has 2 aromatic rings. The predicted molar refractivity (Wildman–Crippen MR) is 131 cm³/mol. The van der Waals surface area contributed by atoms with E-state index >= 15 is 0 Å². The van der Waals surface area contributed by atoms with Crippen molar-refractivity contribution < 1.29 is 9.90 Å². The van der Waals surface area contributed by atoms with Gasteiger partial charge in [-0.1, -0.05) is 18.6 Å². The van der Waals surface area contributed by atoms with E-state index in [0.29, 0.717) is 18.5 Å². The molecule has 2 fully saturated rings. The lowest BCUT2D eigenvalue weighted by molar-refractivity contribution is -0.000136. The van der Waals surface area contributed by atoms with E-state index in [9.17, 15) is 9.90 Å². The number of carbonyl (C=O) groups is 1. The maximum absolute atomic E-state index is 13.1. The number of likely N-dealkylation sites (N-methyl/N-ethyl adjacent to an activating group) is 1. The standard InChI is InChI=1S/C25H36N6O2/c1-26-22-15-23(28-19-27-22)31-14-6-11-25(33,18-31)17-29(2)24(32)21-9-7-20(8-10-21)16-30-12-4-3-5-13-30/h7-10,15,19,33H,3-6,11-14,16-18H2,1-2H3,(H,26,27,28)/t25-/m0/s1. The van der Waals surface area contributed by atoms with Crippen LogP contribution in [0.5, 0.6) is 0 Å². The number of carbonyl (C=O) groups excluding carboxylic acids is 1. The zero-order valence-electron chi connectivity index (χ0n) is 19.8. The minimum atomic E-state index is -0.985. The zero-order chi connectivity index (χ0) is 23.3. The number of aromatic nitrogens is 2. The van der Waals surface area contributed by atoms with Gasteiger partial charge in [0.25, 0.3) is 5.91 Å². The average molecular weight is 453 g/mol. The topological polar surface area (TPSA) is 84.8 Å². The van der Waals surface area contributed by atoms with E-state index in [1.165, 1.54) is 31.2 Å². The molecule has 2 saturated heterocycles. The van der Waals surface area contributed by atoms with Gasteiger partial charge in [0.2, 0.25) is 0 Å². The summed E-state index contributed by atoms with van der Waals surface area (Å²) in [6.07, 6.45) is 6.89.